The summed E-state index contributed by atoms with van der Waals surface area (Å²) in [5.41, 5.74) is 0.233. The molecule has 3 atom stereocenters. The van der Waals surface area contributed by atoms with Crippen LogP contribution < -0.4 is 4.72 Å². The molecule has 3 rings (SSSR count). The number of rotatable bonds is 3. The maximum Gasteiger partial charge on any atom is 0.240 e. The minimum absolute atomic E-state index is 0.0203. The second kappa shape index (κ2) is 4.71. The van der Waals surface area contributed by atoms with Crippen molar-refractivity contribution >= 4 is 21.6 Å². The van der Waals surface area contributed by atoms with Crippen LogP contribution in [-0.4, -0.2) is 14.5 Å². The van der Waals surface area contributed by atoms with Crippen molar-refractivity contribution in [2.24, 2.45) is 16.7 Å². The van der Waals surface area contributed by atoms with Crippen LogP contribution >= 0.6 is 11.6 Å². The topological polar surface area (TPSA) is 46.2 Å². The monoisotopic (exact) mass is 327 g/mol. The minimum Gasteiger partial charge on any atom is -0.207 e. The summed E-state index contributed by atoms with van der Waals surface area (Å²) >= 11 is 5.83. The van der Waals surface area contributed by atoms with Gasteiger partial charge in [0.25, 0.3) is 0 Å². The van der Waals surface area contributed by atoms with E-state index in [0.29, 0.717) is 10.9 Å². The summed E-state index contributed by atoms with van der Waals surface area (Å²) in [7, 11) is -3.48. The molecule has 0 aromatic heterocycles. The Hall–Kier alpha value is -0.580. The van der Waals surface area contributed by atoms with Crippen LogP contribution in [0.2, 0.25) is 5.02 Å². The van der Waals surface area contributed by atoms with E-state index in [1.807, 2.05) is 0 Å². The van der Waals surface area contributed by atoms with Crippen LogP contribution in [0.15, 0.2) is 29.2 Å². The lowest BCUT2D eigenvalue weighted by molar-refractivity contribution is 0.130. The normalized spacial score (nSPS) is 34.3. The zero-order chi connectivity index (χ0) is 15.5. The van der Waals surface area contributed by atoms with Gasteiger partial charge in [-0.2, -0.15) is 0 Å². The fourth-order valence-electron chi connectivity index (χ4n) is 4.25. The fraction of sp³-hybridized carbons (Fsp3) is 0.625. The van der Waals surface area contributed by atoms with E-state index in [-0.39, 0.29) is 21.8 Å². The van der Waals surface area contributed by atoms with Crippen LogP contribution in [0, 0.1) is 16.7 Å². The number of sulfonamides is 1. The molecule has 0 aliphatic heterocycles. The van der Waals surface area contributed by atoms with Gasteiger partial charge in [0.05, 0.1) is 4.90 Å². The summed E-state index contributed by atoms with van der Waals surface area (Å²) in [6, 6.07) is 6.37. The molecular weight excluding hydrogens is 306 g/mol. The van der Waals surface area contributed by atoms with Crippen molar-refractivity contribution in [1.82, 2.24) is 4.72 Å². The summed E-state index contributed by atoms with van der Waals surface area (Å²) < 4.78 is 28.1. The van der Waals surface area contributed by atoms with Crippen molar-refractivity contribution in [3.8, 4) is 0 Å². The predicted octanol–water partition coefficient (Wildman–Crippen LogP) is 3.83. The first-order chi connectivity index (χ1) is 9.67. The number of nitrogens with one attached hydrogen (secondary N) is 1. The van der Waals surface area contributed by atoms with E-state index in [1.165, 1.54) is 6.42 Å². The van der Waals surface area contributed by atoms with E-state index in [0.717, 1.165) is 12.8 Å². The first-order valence-corrected chi connectivity index (χ1v) is 9.31. The molecule has 1 aromatic carbocycles. The highest BCUT2D eigenvalue weighted by molar-refractivity contribution is 7.89. The number of halogens is 1. The van der Waals surface area contributed by atoms with E-state index in [4.69, 9.17) is 11.6 Å². The Morgan fingerprint density at radius 2 is 1.81 bits per heavy atom. The summed E-state index contributed by atoms with van der Waals surface area (Å²) in [6.07, 6.45) is 3.25. The summed E-state index contributed by atoms with van der Waals surface area (Å²) in [5, 5.41) is 0.543. The zero-order valence-electron chi connectivity index (χ0n) is 12.7. The molecule has 2 aliphatic rings. The maximum atomic E-state index is 12.6. The van der Waals surface area contributed by atoms with Gasteiger partial charge in [-0.05, 0) is 60.3 Å². The molecule has 2 aliphatic carbocycles. The zero-order valence-corrected chi connectivity index (χ0v) is 14.3. The molecule has 2 bridgehead atoms. The Bertz CT molecular complexity index is 653. The van der Waals surface area contributed by atoms with Crippen molar-refractivity contribution < 1.29 is 8.42 Å². The quantitative estimate of drug-likeness (QED) is 0.917. The number of hydrogen-bond acceptors (Lipinski definition) is 2. The van der Waals surface area contributed by atoms with E-state index >= 15 is 0 Å². The van der Waals surface area contributed by atoms with Crippen molar-refractivity contribution in [2.45, 2.75) is 51.0 Å². The van der Waals surface area contributed by atoms with E-state index in [1.54, 1.807) is 24.3 Å². The molecule has 0 radical (unpaired) electrons. The lowest BCUT2D eigenvalue weighted by Crippen LogP contribution is -2.46. The summed E-state index contributed by atoms with van der Waals surface area (Å²) in [5.74, 6) is 0.611. The van der Waals surface area contributed by atoms with Gasteiger partial charge in [-0.1, -0.05) is 32.4 Å². The van der Waals surface area contributed by atoms with Gasteiger partial charge in [0, 0.05) is 11.1 Å². The molecular formula is C16H22ClNO2S. The van der Waals surface area contributed by atoms with Gasteiger partial charge in [0.2, 0.25) is 10.0 Å². The Labute approximate surface area is 132 Å². The van der Waals surface area contributed by atoms with Gasteiger partial charge in [-0.3, -0.25) is 0 Å². The van der Waals surface area contributed by atoms with Crippen molar-refractivity contribution in [3.05, 3.63) is 29.3 Å². The van der Waals surface area contributed by atoms with Gasteiger partial charge in [0.15, 0.2) is 0 Å². The second-order valence-electron chi connectivity index (χ2n) is 7.24. The Kier molecular flexibility index (Phi) is 3.43. The van der Waals surface area contributed by atoms with Gasteiger partial charge in [-0.15, -0.1) is 0 Å². The van der Waals surface area contributed by atoms with Crippen LogP contribution in [0.3, 0.4) is 0 Å². The summed E-state index contributed by atoms with van der Waals surface area (Å²) in [4.78, 5) is 0.288. The molecule has 2 fully saturated rings. The standard InChI is InChI=1S/C16H22ClNO2S/c1-15(2)11-8-9-16(15,3)14(10-11)18-21(19,20)13-6-4-12(17)5-7-13/h4-7,11,14,18H,8-10H2,1-3H3/t11-,14+,16+/m1/s1. The molecule has 0 unspecified atom stereocenters. The molecule has 1 aromatic rings. The molecule has 0 spiro atoms. The number of fused-ring (bicyclic) bond motifs is 2. The molecule has 116 valence electrons. The van der Waals surface area contributed by atoms with Crippen LogP contribution in [0.25, 0.3) is 0 Å². The Morgan fingerprint density at radius 1 is 1.19 bits per heavy atom. The van der Waals surface area contributed by atoms with E-state index in [2.05, 4.69) is 25.5 Å². The molecule has 21 heavy (non-hydrogen) atoms. The Morgan fingerprint density at radius 3 is 2.29 bits per heavy atom. The number of benzene rings is 1. The Balaban J connectivity index is 1.86. The third-order valence-electron chi connectivity index (χ3n) is 6.22. The van der Waals surface area contributed by atoms with Gasteiger partial charge >= 0.3 is 0 Å². The SMILES string of the molecule is CC1(C)[C@@H]2CC[C@@]1(C)[C@@H](NS(=O)(=O)c1ccc(Cl)cc1)C2. The van der Waals surface area contributed by atoms with Crippen molar-refractivity contribution in [1.29, 1.82) is 0 Å². The molecule has 0 amide bonds. The van der Waals surface area contributed by atoms with E-state index in [9.17, 15) is 8.42 Å². The van der Waals surface area contributed by atoms with Crippen LogP contribution in [-0.2, 0) is 10.0 Å². The molecule has 2 saturated carbocycles. The molecule has 5 heteroatoms. The highest BCUT2D eigenvalue weighted by atomic mass is 35.5. The summed E-state index contributed by atoms with van der Waals surface area (Å²) in [6.45, 7) is 6.79. The highest BCUT2D eigenvalue weighted by Gasteiger charge is 2.61. The van der Waals surface area contributed by atoms with E-state index < -0.39 is 10.0 Å². The predicted molar refractivity (Wildman–Crippen MR) is 84.8 cm³/mol. The average Bonchev–Trinajstić information content (AvgIpc) is 2.72. The largest absolute Gasteiger partial charge is 0.240 e. The third-order valence-corrected chi connectivity index (χ3v) is 7.95. The third kappa shape index (κ3) is 2.23. The molecule has 0 heterocycles. The highest BCUT2D eigenvalue weighted by Crippen LogP contribution is 2.65. The lowest BCUT2D eigenvalue weighted by Gasteiger charge is -2.39. The van der Waals surface area contributed by atoms with Gasteiger partial charge < -0.3 is 0 Å². The smallest absolute Gasteiger partial charge is 0.207 e. The van der Waals surface area contributed by atoms with Crippen LogP contribution in [0.1, 0.15) is 40.0 Å². The van der Waals surface area contributed by atoms with Gasteiger partial charge in [0.1, 0.15) is 0 Å². The van der Waals surface area contributed by atoms with Gasteiger partial charge in [-0.25, -0.2) is 13.1 Å². The number of hydrogen-bond donors (Lipinski definition) is 1. The van der Waals surface area contributed by atoms with Crippen molar-refractivity contribution in [2.75, 3.05) is 0 Å². The first kappa shape index (κ1) is 15.3. The molecule has 0 saturated heterocycles. The van der Waals surface area contributed by atoms with Crippen LogP contribution in [0.5, 0.6) is 0 Å². The lowest BCUT2D eigenvalue weighted by atomic mass is 9.69. The second-order valence-corrected chi connectivity index (χ2v) is 9.39. The van der Waals surface area contributed by atoms with Crippen LogP contribution in [0.4, 0.5) is 0 Å². The fourth-order valence-corrected chi connectivity index (χ4v) is 5.74. The minimum atomic E-state index is -3.48. The maximum absolute atomic E-state index is 12.6. The average molecular weight is 328 g/mol. The van der Waals surface area contributed by atoms with Crippen molar-refractivity contribution in [3.63, 3.8) is 0 Å². The first-order valence-electron chi connectivity index (χ1n) is 7.45. The molecule has 3 nitrogen and oxygen atoms in total. The molecule has 1 N–H and O–H groups in total.